The van der Waals surface area contributed by atoms with Crippen LogP contribution in [0.4, 0.5) is 11.4 Å². The second-order valence-electron chi connectivity index (χ2n) is 9.03. The average Bonchev–Trinajstić information content (AvgIpc) is 2.67. The van der Waals surface area contributed by atoms with Crippen LogP contribution in [-0.4, -0.2) is 83.7 Å². The topological polar surface area (TPSA) is 64.9 Å². The molecule has 3 aliphatic heterocycles. The number of aromatic nitrogens is 2. The van der Waals surface area contributed by atoms with Crippen LogP contribution in [0.15, 0.2) is 10.9 Å². The summed E-state index contributed by atoms with van der Waals surface area (Å²) in [5, 5.41) is 1.39. The number of amides is 1. The maximum Gasteiger partial charge on any atom is 0.278 e. The second kappa shape index (κ2) is 6.67. The Morgan fingerprint density at radius 2 is 1.77 bits per heavy atom. The molecule has 5 rings (SSSR count). The number of carbonyl (C=O) groups excluding carboxylic acids is 1. The van der Waals surface area contributed by atoms with E-state index in [9.17, 15) is 9.59 Å². The van der Waals surface area contributed by atoms with Crippen LogP contribution < -0.4 is 15.4 Å². The van der Waals surface area contributed by atoms with Crippen molar-refractivity contribution in [2.75, 3.05) is 50.1 Å². The Labute approximate surface area is 180 Å². The summed E-state index contributed by atoms with van der Waals surface area (Å²) in [6.45, 7) is 6.81. The maximum absolute atomic E-state index is 13.7. The van der Waals surface area contributed by atoms with Crippen LogP contribution in [0.25, 0.3) is 11.0 Å². The Bertz CT molecular complexity index is 1120. The zero-order valence-electron chi connectivity index (χ0n) is 18.0. The summed E-state index contributed by atoms with van der Waals surface area (Å²) in [7, 11) is 5.80. The summed E-state index contributed by atoms with van der Waals surface area (Å²) < 4.78 is 1.56. The predicted octanol–water partition coefficient (Wildman–Crippen LogP) is 1.06. The van der Waals surface area contributed by atoms with Crippen molar-refractivity contribution >= 4 is 39.9 Å². The minimum atomic E-state index is -0.319. The molecule has 2 fully saturated rings. The minimum absolute atomic E-state index is 0.00656. The zero-order chi connectivity index (χ0) is 21.5. The molecule has 0 radical (unpaired) electrons. The van der Waals surface area contributed by atoms with Gasteiger partial charge in [0, 0.05) is 44.7 Å². The van der Waals surface area contributed by atoms with Gasteiger partial charge < -0.3 is 9.80 Å². The molecular formula is C21H27ClN6O2. The molecule has 0 bridgehead atoms. The van der Waals surface area contributed by atoms with Crippen LogP contribution in [0.1, 0.15) is 12.6 Å². The number of likely N-dealkylation sites (N-methyl/N-ethyl adjacent to an activating group) is 2. The molecule has 3 aliphatic rings. The molecule has 5 heterocycles. The van der Waals surface area contributed by atoms with E-state index in [-0.39, 0.29) is 29.6 Å². The molecule has 0 N–H and O–H groups in total. The highest BCUT2D eigenvalue weighted by Crippen LogP contribution is 2.43. The number of nitrogens with zero attached hydrogens (tertiary/aromatic N) is 6. The van der Waals surface area contributed by atoms with Gasteiger partial charge in [0.1, 0.15) is 17.4 Å². The van der Waals surface area contributed by atoms with E-state index >= 15 is 0 Å². The van der Waals surface area contributed by atoms with Gasteiger partial charge in [-0.15, -0.1) is 0 Å². The van der Waals surface area contributed by atoms with E-state index in [1.165, 1.54) is 0 Å². The quantitative estimate of drug-likeness (QED) is 0.674. The highest BCUT2D eigenvalue weighted by atomic mass is 35.5. The SMILES string of the molecule is Cc1nc2c(cc1Cl)c1c(c(=O)n2C)N(C2CN(C)C2)C(=O)C2CN(C)C(C)CN12. The first-order chi connectivity index (χ1) is 14.2. The van der Waals surface area contributed by atoms with Crippen molar-refractivity contribution < 1.29 is 4.79 Å². The van der Waals surface area contributed by atoms with Gasteiger partial charge in [0.05, 0.1) is 22.4 Å². The van der Waals surface area contributed by atoms with Crippen molar-refractivity contribution in [2.24, 2.45) is 7.05 Å². The normalized spacial score (nSPS) is 25.5. The van der Waals surface area contributed by atoms with Gasteiger partial charge in [-0.05, 0) is 34.0 Å². The highest BCUT2D eigenvalue weighted by Gasteiger charge is 2.48. The molecule has 8 nitrogen and oxygen atoms in total. The number of halogens is 1. The fourth-order valence-corrected chi connectivity index (χ4v) is 5.16. The molecule has 2 atom stereocenters. The van der Waals surface area contributed by atoms with Crippen molar-refractivity contribution in [3.8, 4) is 0 Å². The van der Waals surface area contributed by atoms with Gasteiger partial charge in [0.2, 0.25) is 0 Å². The lowest BCUT2D eigenvalue weighted by molar-refractivity contribution is -0.122. The first-order valence-corrected chi connectivity index (χ1v) is 10.7. The number of hydrogen-bond acceptors (Lipinski definition) is 6. The Morgan fingerprint density at radius 3 is 2.43 bits per heavy atom. The van der Waals surface area contributed by atoms with E-state index in [1.807, 2.05) is 20.0 Å². The van der Waals surface area contributed by atoms with E-state index in [1.54, 1.807) is 16.5 Å². The van der Waals surface area contributed by atoms with E-state index in [2.05, 4.69) is 33.7 Å². The van der Waals surface area contributed by atoms with Gasteiger partial charge in [-0.25, -0.2) is 4.98 Å². The number of hydrogen-bond donors (Lipinski definition) is 0. The third kappa shape index (κ3) is 2.63. The lowest BCUT2D eigenvalue weighted by Crippen LogP contribution is -2.70. The molecule has 1 amide bonds. The van der Waals surface area contributed by atoms with Crippen LogP contribution in [0.2, 0.25) is 5.02 Å². The van der Waals surface area contributed by atoms with Crippen molar-refractivity contribution in [2.45, 2.75) is 32.0 Å². The first-order valence-electron chi connectivity index (χ1n) is 10.4. The predicted molar refractivity (Wildman–Crippen MR) is 119 cm³/mol. The van der Waals surface area contributed by atoms with Gasteiger partial charge >= 0.3 is 0 Å². The Hall–Kier alpha value is -2.16. The third-order valence-corrected chi connectivity index (χ3v) is 7.33. The largest absolute Gasteiger partial charge is 0.354 e. The van der Waals surface area contributed by atoms with Crippen LogP contribution in [-0.2, 0) is 11.8 Å². The lowest BCUT2D eigenvalue weighted by atomic mass is 9.96. The summed E-state index contributed by atoms with van der Waals surface area (Å²) in [4.78, 5) is 40.2. The lowest BCUT2D eigenvalue weighted by Gasteiger charge is -2.53. The zero-order valence-corrected chi connectivity index (χ0v) is 18.8. The molecule has 0 saturated carbocycles. The summed E-state index contributed by atoms with van der Waals surface area (Å²) in [6.07, 6.45) is 0. The van der Waals surface area contributed by atoms with Crippen LogP contribution in [0, 0.1) is 6.92 Å². The van der Waals surface area contributed by atoms with Gasteiger partial charge in [-0.1, -0.05) is 11.6 Å². The molecule has 0 aromatic carbocycles. The van der Waals surface area contributed by atoms with Crippen LogP contribution in [0.3, 0.4) is 0 Å². The number of likely N-dealkylation sites (tertiary alicyclic amines) is 1. The van der Waals surface area contributed by atoms with Crippen molar-refractivity contribution in [1.29, 1.82) is 0 Å². The molecule has 160 valence electrons. The summed E-state index contributed by atoms with van der Waals surface area (Å²) in [6, 6.07) is 1.85. The molecule has 2 aromatic heterocycles. The standard InChI is InChI=1S/C21H27ClN6O2/c1-11-7-27-16(10-25(11)4)20(29)28(13-8-24(3)9-13)18-17(27)14-6-15(22)12(2)23-19(14)26(5)21(18)30/h6,11,13,16H,7-10H2,1-5H3. The molecule has 30 heavy (non-hydrogen) atoms. The number of fused-ring (bicyclic) bond motifs is 5. The molecule has 2 aromatic rings. The molecule has 2 saturated heterocycles. The van der Waals surface area contributed by atoms with E-state index in [0.29, 0.717) is 35.1 Å². The molecular weight excluding hydrogens is 404 g/mol. The molecule has 0 aliphatic carbocycles. The smallest absolute Gasteiger partial charge is 0.278 e. The fourth-order valence-electron chi connectivity index (χ4n) is 5.01. The van der Waals surface area contributed by atoms with Crippen LogP contribution in [0.5, 0.6) is 0 Å². The number of anilines is 2. The highest BCUT2D eigenvalue weighted by molar-refractivity contribution is 6.32. The average molecular weight is 431 g/mol. The van der Waals surface area contributed by atoms with Gasteiger partial charge in [0.25, 0.3) is 11.5 Å². The maximum atomic E-state index is 13.7. The number of aryl methyl sites for hydroxylation is 2. The second-order valence-corrected chi connectivity index (χ2v) is 9.44. The number of carbonyl (C=O) groups is 1. The summed E-state index contributed by atoms with van der Waals surface area (Å²) in [5.41, 5.74) is 2.39. The summed E-state index contributed by atoms with van der Waals surface area (Å²) in [5.74, 6) is 0.0157. The number of rotatable bonds is 1. The molecule has 2 unspecified atom stereocenters. The van der Waals surface area contributed by atoms with Gasteiger partial charge in [-0.2, -0.15) is 0 Å². The Morgan fingerprint density at radius 1 is 1.07 bits per heavy atom. The minimum Gasteiger partial charge on any atom is -0.354 e. The van der Waals surface area contributed by atoms with E-state index < -0.39 is 0 Å². The van der Waals surface area contributed by atoms with Gasteiger partial charge in [-0.3, -0.25) is 24.0 Å². The Kier molecular flexibility index (Phi) is 4.40. The van der Waals surface area contributed by atoms with E-state index in [0.717, 1.165) is 24.2 Å². The van der Waals surface area contributed by atoms with Crippen molar-refractivity contribution in [3.63, 3.8) is 0 Å². The van der Waals surface area contributed by atoms with Crippen LogP contribution >= 0.6 is 11.6 Å². The Balaban J connectivity index is 1.83. The first kappa shape index (κ1) is 19.8. The van der Waals surface area contributed by atoms with E-state index in [4.69, 9.17) is 11.6 Å². The third-order valence-electron chi connectivity index (χ3n) is 6.95. The number of pyridine rings is 2. The van der Waals surface area contributed by atoms with Crippen molar-refractivity contribution in [1.82, 2.24) is 19.4 Å². The molecule has 0 spiro atoms. The fraction of sp³-hybridized carbons (Fsp3) is 0.571. The monoisotopic (exact) mass is 430 g/mol. The van der Waals surface area contributed by atoms with Crippen molar-refractivity contribution in [3.05, 3.63) is 27.1 Å². The van der Waals surface area contributed by atoms with Gasteiger partial charge in [0.15, 0.2) is 0 Å². The summed E-state index contributed by atoms with van der Waals surface area (Å²) >= 11 is 6.47. The molecule has 9 heteroatoms. The number of piperazine rings is 1.